The minimum Gasteiger partial charge on any atom is -0.368 e. The van der Waals surface area contributed by atoms with Gasteiger partial charge in [0.25, 0.3) is 10.0 Å². The maximum Gasteiger partial charge on any atom is 0.264 e. The van der Waals surface area contributed by atoms with E-state index in [1.54, 1.807) is 24.3 Å². The predicted molar refractivity (Wildman–Crippen MR) is 116 cm³/mol. The van der Waals surface area contributed by atoms with E-state index in [0.717, 1.165) is 22.8 Å². The van der Waals surface area contributed by atoms with Gasteiger partial charge in [0.15, 0.2) is 0 Å². The van der Waals surface area contributed by atoms with Crippen LogP contribution in [0.15, 0.2) is 33.6 Å². The van der Waals surface area contributed by atoms with Crippen LogP contribution < -0.4 is 14.9 Å². The fraction of sp³-hybridized carbons (Fsp3) is 0.278. The summed E-state index contributed by atoms with van der Waals surface area (Å²) in [6.45, 7) is 3.03. The molecule has 0 aliphatic carbocycles. The molecular formula is C18H16BrN5O3S2. The Morgan fingerprint density at radius 3 is 2.93 bits per heavy atom. The number of carbonyl (C=O) groups is 1. The van der Waals surface area contributed by atoms with Crippen molar-refractivity contribution in [1.82, 2.24) is 8.75 Å². The number of aryl methyl sites for hydroxylation is 1. The molecule has 1 saturated heterocycles. The molecule has 1 aromatic heterocycles. The van der Waals surface area contributed by atoms with E-state index in [1.165, 1.54) is 0 Å². The van der Waals surface area contributed by atoms with Gasteiger partial charge in [0.1, 0.15) is 15.9 Å². The lowest BCUT2D eigenvalue weighted by atomic mass is 10.1. The number of amides is 1. The topological polar surface area (TPSA) is 104 Å². The van der Waals surface area contributed by atoms with Gasteiger partial charge in [-0.1, -0.05) is 6.07 Å². The Kier molecular flexibility index (Phi) is 4.30. The lowest BCUT2D eigenvalue weighted by Crippen LogP contribution is -2.23. The van der Waals surface area contributed by atoms with Crippen LogP contribution in [-0.2, 0) is 14.8 Å². The van der Waals surface area contributed by atoms with Crippen LogP contribution in [0.3, 0.4) is 0 Å². The van der Waals surface area contributed by atoms with Gasteiger partial charge in [-0.3, -0.25) is 9.52 Å². The monoisotopic (exact) mass is 493 g/mol. The van der Waals surface area contributed by atoms with Crippen LogP contribution in [0.25, 0.3) is 11.0 Å². The first-order chi connectivity index (χ1) is 13.8. The Labute approximate surface area is 179 Å². The number of nitrogens with one attached hydrogen (secondary N) is 2. The van der Waals surface area contributed by atoms with E-state index in [1.807, 2.05) is 11.8 Å². The van der Waals surface area contributed by atoms with Gasteiger partial charge in [-0.15, -0.1) is 0 Å². The van der Waals surface area contributed by atoms with Gasteiger partial charge in [0.05, 0.1) is 39.2 Å². The molecule has 8 nitrogen and oxygen atoms in total. The van der Waals surface area contributed by atoms with Crippen LogP contribution in [0.4, 0.5) is 17.1 Å². The fourth-order valence-electron chi connectivity index (χ4n) is 3.92. The molecule has 11 heteroatoms. The van der Waals surface area contributed by atoms with Crippen LogP contribution >= 0.6 is 27.7 Å². The molecule has 0 spiro atoms. The average molecular weight is 494 g/mol. The van der Waals surface area contributed by atoms with Gasteiger partial charge in [-0.2, -0.15) is 8.75 Å². The lowest BCUT2D eigenvalue weighted by molar-refractivity contribution is -0.119. The third-order valence-electron chi connectivity index (χ3n) is 5.33. The highest BCUT2D eigenvalue weighted by atomic mass is 79.9. The number of fused-ring (bicyclic) bond motifs is 5. The van der Waals surface area contributed by atoms with Gasteiger partial charge in [0, 0.05) is 13.1 Å². The van der Waals surface area contributed by atoms with Crippen molar-refractivity contribution in [2.45, 2.75) is 18.2 Å². The highest BCUT2D eigenvalue weighted by molar-refractivity contribution is 9.10. The van der Waals surface area contributed by atoms with E-state index in [2.05, 4.69) is 34.7 Å². The second-order valence-corrected chi connectivity index (χ2v) is 10.2. The minimum atomic E-state index is -3.92. The van der Waals surface area contributed by atoms with Crippen LogP contribution in [-0.4, -0.2) is 36.2 Å². The van der Waals surface area contributed by atoms with Crippen molar-refractivity contribution < 1.29 is 13.2 Å². The summed E-state index contributed by atoms with van der Waals surface area (Å²) < 4.78 is 38.5. The van der Waals surface area contributed by atoms with Crippen LogP contribution in [0, 0.1) is 12.8 Å². The molecule has 5 rings (SSSR count). The zero-order chi connectivity index (χ0) is 20.3. The molecule has 150 valence electrons. The fourth-order valence-corrected chi connectivity index (χ4v) is 6.58. The molecule has 3 heterocycles. The highest BCUT2D eigenvalue weighted by Crippen LogP contribution is 2.41. The van der Waals surface area contributed by atoms with Gasteiger partial charge < -0.3 is 10.2 Å². The smallest absolute Gasteiger partial charge is 0.264 e. The number of nitrogens with zero attached hydrogens (tertiary/aromatic N) is 3. The first-order valence-electron chi connectivity index (χ1n) is 8.98. The maximum absolute atomic E-state index is 13.4. The van der Waals surface area contributed by atoms with Gasteiger partial charge in [0.2, 0.25) is 5.91 Å². The minimum absolute atomic E-state index is 0.0615. The van der Waals surface area contributed by atoms with Crippen LogP contribution in [0.1, 0.15) is 12.0 Å². The van der Waals surface area contributed by atoms with E-state index in [0.29, 0.717) is 46.6 Å². The summed E-state index contributed by atoms with van der Waals surface area (Å²) in [6.07, 6.45) is 0.714. The molecule has 29 heavy (non-hydrogen) atoms. The zero-order valence-electron chi connectivity index (χ0n) is 15.3. The number of carbonyl (C=O) groups excluding carboxylic acids is 1. The molecule has 1 amide bonds. The molecule has 2 bridgehead atoms. The number of hydrogen-bond acceptors (Lipinski definition) is 7. The van der Waals surface area contributed by atoms with Gasteiger partial charge in [-0.25, -0.2) is 8.42 Å². The second kappa shape index (κ2) is 6.64. The largest absolute Gasteiger partial charge is 0.368 e. The molecule has 0 saturated carbocycles. The Balaban J connectivity index is 1.61. The number of anilines is 3. The normalized spacial score (nSPS) is 18.5. The van der Waals surface area contributed by atoms with Crippen molar-refractivity contribution in [3.8, 4) is 0 Å². The number of halogens is 1. The Bertz CT molecular complexity index is 1270. The summed E-state index contributed by atoms with van der Waals surface area (Å²) in [6, 6.07) is 6.68. The Morgan fingerprint density at radius 1 is 1.31 bits per heavy atom. The number of benzene rings is 2. The standard InChI is InChI=1S/C18H16BrN5O3S2/c1-9-7-12(14(19)16-15(9)21-28-22-16)23-29(26,27)13-4-2-3-11-17(13)24-6-5-10(8-24)18(25)20-11/h2-4,7,10,23H,5-6,8H2,1H3,(H,20,25). The average Bonchev–Trinajstić information content (AvgIpc) is 3.32. The molecule has 1 atom stereocenters. The summed E-state index contributed by atoms with van der Waals surface area (Å²) >= 11 is 4.54. The molecule has 2 aliphatic rings. The molecule has 2 aromatic carbocycles. The quantitative estimate of drug-likeness (QED) is 0.579. The third-order valence-corrected chi connectivity index (χ3v) is 8.06. The maximum atomic E-state index is 13.4. The Morgan fingerprint density at radius 2 is 2.10 bits per heavy atom. The molecular weight excluding hydrogens is 478 g/mol. The van der Waals surface area contributed by atoms with E-state index >= 15 is 0 Å². The first kappa shape index (κ1) is 18.8. The number of aromatic nitrogens is 2. The summed E-state index contributed by atoms with van der Waals surface area (Å²) in [7, 11) is -3.92. The van der Waals surface area contributed by atoms with Gasteiger partial charge in [-0.05, 0) is 53.0 Å². The summed E-state index contributed by atoms with van der Waals surface area (Å²) in [5.74, 6) is -0.184. The van der Waals surface area contributed by atoms with Gasteiger partial charge >= 0.3 is 0 Å². The van der Waals surface area contributed by atoms with Crippen molar-refractivity contribution in [3.05, 3.63) is 34.3 Å². The van der Waals surface area contributed by atoms with Crippen LogP contribution in [0.5, 0.6) is 0 Å². The molecule has 0 radical (unpaired) electrons. The molecule has 2 aliphatic heterocycles. The summed E-state index contributed by atoms with van der Waals surface area (Å²) in [5, 5.41) is 2.87. The van der Waals surface area contributed by atoms with E-state index in [-0.39, 0.29) is 16.7 Å². The number of sulfonamides is 1. The molecule has 1 unspecified atom stereocenters. The molecule has 1 fully saturated rings. The number of rotatable bonds is 3. The first-order valence-corrected chi connectivity index (χ1v) is 12.0. The van der Waals surface area contributed by atoms with Crippen molar-refractivity contribution in [2.24, 2.45) is 5.92 Å². The van der Waals surface area contributed by atoms with Crippen molar-refractivity contribution in [2.75, 3.05) is 28.0 Å². The van der Waals surface area contributed by atoms with Crippen molar-refractivity contribution in [3.63, 3.8) is 0 Å². The SMILES string of the molecule is Cc1cc(NS(=O)(=O)c2cccc3c2N2CCC(C2)C(=O)N3)c(Br)c2nsnc12. The summed E-state index contributed by atoms with van der Waals surface area (Å²) in [4.78, 5) is 14.5. The Hall–Kier alpha value is -2.24. The van der Waals surface area contributed by atoms with Crippen LogP contribution in [0.2, 0.25) is 0 Å². The lowest BCUT2D eigenvalue weighted by Gasteiger charge is -2.23. The molecule has 3 aromatic rings. The highest BCUT2D eigenvalue weighted by Gasteiger charge is 2.36. The van der Waals surface area contributed by atoms with E-state index in [4.69, 9.17) is 0 Å². The number of para-hydroxylation sites is 1. The second-order valence-electron chi connectivity index (χ2n) is 7.20. The van der Waals surface area contributed by atoms with E-state index in [9.17, 15) is 13.2 Å². The summed E-state index contributed by atoms with van der Waals surface area (Å²) in [5.41, 5.74) is 3.65. The molecule has 2 N–H and O–H groups in total. The predicted octanol–water partition coefficient (Wildman–Crippen LogP) is 3.34. The van der Waals surface area contributed by atoms with Crippen molar-refractivity contribution >= 4 is 71.7 Å². The number of hydrogen-bond donors (Lipinski definition) is 2. The van der Waals surface area contributed by atoms with Crippen molar-refractivity contribution in [1.29, 1.82) is 0 Å². The van der Waals surface area contributed by atoms with E-state index < -0.39 is 10.0 Å². The zero-order valence-corrected chi connectivity index (χ0v) is 18.5. The third kappa shape index (κ3) is 2.99.